The fourth-order valence-electron chi connectivity index (χ4n) is 4.48. The third kappa shape index (κ3) is 2.08. The summed E-state index contributed by atoms with van der Waals surface area (Å²) in [7, 11) is 1.77. The molecule has 1 heterocycles. The highest BCUT2D eigenvalue weighted by Gasteiger charge is 2.56. The molecule has 118 valence electrons. The van der Waals surface area contributed by atoms with Crippen molar-refractivity contribution in [2.75, 3.05) is 20.2 Å². The second-order valence-electron chi connectivity index (χ2n) is 7.12. The van der Waals surface area contributed by atoms with Crippen LogP contribution in [-0.4, -0.2) is 37.1 Å². The highest BCUT2D eigenvalue weighted by atomic mass is 19.1. The first-order valence-corrected chi connectivity index (χ1v) is 8.21. The molecular formula is C18H22FNO2. The lowest BCUT2D eigenvalue weighted by molar-refractivity contribution is -0.133. The molecule has 4 heteroatoms. The van der Waals surface area contributed by atoms with Gasteiger partial charge in [-0.1, -0.05) is 18.2 Å². The van der Waals surface area contributed by atoms with Crippen LogP contribution in [0.1, 0.15) is 31.2 Å². The van der Waals surface area contributed by atoms with Crippen molar-refractivity contribution in [2.24, 2.45) is 11.8 Å². The minimum atomic E-state index is -0.579. The maximum atomic E-state index is 14.1. The number of amides is 1. The van der Waals surface area contributed by atoms with Gasteiger partial charge in [0.1, 0.15) is 5.82 Å². The molecule has 22 heavy (non-hydrogen) atoms. The minimum absolute atomic E-state index is 0.140. The molecule has 1 aromatic carbocycles. The molecule has 0 aromatic heterocycles. The Hall–Kier alpha value is -1.42. The summed E-state index contributed by atoms with van der Waals surface area (Å²) in [6.45, 7) is 1.64. The third-order valence-corrected chi connectivity index (χ3v) is 5.88. The number of carbonyl (C=O) groups is 1. The van der Waals surface area contributed by atoms with Gasteiger partial charge in [0.25, 0.3) is 0 Å². The van der Waals surface area contributed by atoms with Crippen LogP contribution in [-0.2, 0) is 14.9 Å². The van der Waals surface area contributed by atoms with E-state index >= 15 is 0 Å². The number of ether oxygens (including phenoxy) is 1. The van der Waals surface area contributed by atoms with E-state index in [1.165, 1.54) is 6.07 Å². The average molecular weight is 303 g/mol. The maximum absolute atomic E-state index is 14.1. The van der Waals surface area contributed by atoms with Gasteiger partial charge in [0.2, 0.25) is 5.91 Å². The Morgan fingerprint density at radius 1 is 1.23 bits per heavy atom. The fourth-order valence-corrected chi connectivity index (χ4v) is 4.48. The summed E-state index contributed by atoms with van der Waals surface area (Å²) in [6.07, 6.45) is 4.02. The van der Waals surface area contributed by atoms with Crippen LogP contribution in [0, 0.1) is 17.7 Å². The molecule has 1 aromatic rings. The summed E-state index contributed by atoms with van der Waals surface area (Å²) in [6, 6.07) is 6.75. The molecule has 3 fully saturated rings. The second kappa shape index (κ2) is 5.05. The van der Waals surface area contributed by atoms with E-state index < -0.39 is 5.41 Å². The van der Waals surface area contributed by atoms with Gasteiger partial charge >= 0.3 is 0 Å². The van der Waals surface area contributed by atoms with E-state index in [0.717, 1.165) is 38.8 Å². The maximum Gasteiger partial charge on any atom is 0.233 e. The van der Waals surface area contributed by atoms with Crippen LogP contribution in [0.15, 0.2) is 24.3 Å². The SMILES string of the molecule is COC1C[C@@H]2CN(C(=O)C3(c4ccccc4F)CC3)C[C@@H]2C1. The zero-order valence-corrected chi connectivity index (χ0v) is 12.9. The first-order chi connectivity index (χ1) is 10.6. The van der Waals surface area contributed by atoms with Gasteiger partial charge in [0.05, 0.1) is 11.5 Å². The van der Waals surface area contributed by atoms with E-state index in [9.17, 15) is 9.18 Å². The predicted molar refractivity (Wildman–Crippen MR) is 80.9 cm³/mol. The lowest BCUT2D eigenvalue weighted by Gasteiger charge is -2.25. The molecular weight excluding hydrogens is 281 g/mol. The van der Waals surface area contributed by atoms with Gasteiger partial charge < -0.3 is 9.64 Å². The molecule has 1 saturated heterocycles. The smallest absolute Gasteiger partial charge is 0.233 e. The molecule has 1 unspecified atom stereocenters. The van der Waals surface area contributed by atoms with Crippen molar-refractivity contribution in [1.29, 1.82) is 0 Å². The van der Waals surface area contributed by atoms with E-state index in [0.29, 0.717) is 23.5 Å². The van der Waals surface area contributed by atoms with Crippen LogP contribution in [0.4, 0.5) is 4.39 Å². The molecule has 0 bridgehead atoms. The van der Waals surface area contributed by atoms with Crippen molar-refractivity contribution in [1.82, 2.24) is 4.90 Å². The summed E-state index contributed by atoms with van der Waals surface area (Å²) < 4.78 is 19.6. The molecule has 4 rings (SSSR count). The summed E-state index contributed by atoms with van der Waals surface area (Å²) >= 11 is 0. The quantitative estimate of drug-likeness (QED) is 0.859. The number of likely N-dealkylation sites (tertiary alicyclic amines) is 1. The Morgan fingerprint density at radius 3 is 2.41 bits per heavy atom. The summed E-state index contributed by atoms with van der Waals surface area (Å²) in [4.78, 5) is 15.0. The van der Waals surface area contributed by atoms with Crippen LogP contribution >= 0.6 is 0 Å². The Labute approximate surface area is 130 Å². The second-order valence-corrected chi connectivity index (χ2v) is 7.12. The Morgan fingerprint density at radius 2 is 1.86 bits per heavy atom. The summed E-state index contributed by atoms with van der Waals surface area (Å²) in [5.74, 6) is 1.02. The normalized spacial score (nSPS) is 32.1. The number of benzene rings is 1. The van der Waals surface area contributed by atoms with Crippen LogP contribution < -0.4 is 0 Å². The number of halogens is 1. The third-order valence-electron chi connectivity index (χ3n) is 5.88. The molecule has 3 nitrogen and oxygen atoms in total. The lowest BCUT2D eigenvalue weighted by atomic mass is 9.93. The number of methoxy groups -OCH3 is 1. The van der Waals surface area contributed by atoms with E-state index in [1.807, 2.05) is 11.0 Å². The highest BCUT2D eigenvalue weighted by molar-refractivity contribution is 5.91. The molecule has 3 atom stereocenters. The number of hydrogen-bond acceptors (Lipinski definition) is 2. The van der Waals surface area contributed by atoms with Gasteiger partial charge in [-0.25, -0.2) is 4.39 Å². The summed E-state index contributed by atoms with van der Waals surface area (Å²) in [5.41, 5.74) is 0.0109. The van der Waals surface area contributed by atoms with E-state index in [2.05, 4.69) is 0 Å². The van der Waals surface area contributed by atoms with Crippen molar-refractivity contribution < 1.29 is 13.9 Å². The largest absolute Gasteiger partial charge is 0.381 e. The Kier molecular flexibility index (Phi) is 3.26. The molecule has 2 aliphatic carbocycles. The molecule has 0 spiro atoms. The van der Waals surface area contributed by atoms with Crippen molar-refractivity contribution in [3.8, 4) is 0 Å². The Bertz CT molecular complexity index is 585. The molecule has 1 aliphatic heterocycles. The topological polar surface area (TPSA) is 29.5 Å². The van der Waals surface area contributed by atoms with Gasteiger partial charge in [-0.3, -0.25) is 4.79 Å². The summed E-state index contributed by atoms with van der Waals surface area (Å²) in [5, 5.41) is 0. The van der Waals surface area contributed by atoms with Crippen LogP contribution in [0.5, 0.6) is 0 Å². The standard InChI is InChI=1S/C18H22FNO2/c1-22-14-8-12-10-20(11-13(12)9-14)17(21)18(6-7-18)15-4-2-3-5-16(15)19/h2-5,12-14H,6-11H2,1H3/t12-,13+,14?. The Balaban J connectivity index is 1.51. The van der Waals surface area contributed by atoms with E-state index in [1.54, 1.807) is 19.2 Å². The van der Waals surface area contributed by atoms with Gasteiger partial charge in [-0.2, -0.15) is 0 Å². The minimum Gasteiger partial charge on any atom is -0.381 e. The van der Waals surface area contributed by atoms with Crippen LogP contribution in [0.2, 0.25) is 0 Å². The average Bonchev–Trinajstić information content (AvgIpc) is 3.08. The zero-order valence-electron chi connectivity index (χ0n) is 12.9. The van der Waals surface area contributed by atoms with Crippen LogP contribution in [0.3, 0.4) is 0 Å². The molecule has 1 amide bonds. The molecule has 0 radical (unpaired) electrons. The van der Waals surface area contributed by atoms with Crippen molar-refractivity contribution in [2.45, 2.75) is 37.2 Å². The fraction of sp³-hybridized carbons (Fsp3) is 0.611. The first kappa shape index (κ1) is 14.2. The van der Waals surface area contributed by atoms with E-state index in [-0.39, 0.29) is 11.7 Å². The molecule has 2 saturated carbocycles. The van der Waals surface area contributed by atoms with Gasteiger partial charge in [-0.15, -0.1) is 0 Å². The number of hydrogen-bond donors (Lipinski definition) is 0. The first-order valence-electron chi connectivity index (χ1n) is 8.21. The zero-order chi connectivity index (χ0) is 15.3. The lowest BCUT2D eigenvalue weighted by Crippen LogP contribution is -2.39. The number of rotatable bonds is 3. The van der Waals surface area contributed by atoms with Crippen molar-refractivity contribution >= 4 is 5.91 Å². The highest BCUT2D eigenvalue weighted by Crippen LogP contribution is 2.52. The predicted octanol–water partition coefficient (Wildman–Crippen LogP) is 2.74. The van der Waals surface area contributed by atoms with Gasteiger partial charge in [0.15, 0.2) is 0 Å². The van der Waals surface area contributed by atoms with Crippen molar-refractivity contribution in [3.05, 3.63) is 35.6 Å². The van der Waals surface area contributed by atoms with Crippen molar-refractivity contribution in [3.63, 3.8) is 0 Å². The molecule has 3 aliphatic rings. The van der Waals surface area contributed by atoms with Gasteiger partial charge in [-0.05, 0) is 43.6 Å². The number of carbonyl (C=O) groups excluding carboxylic acids is 1. The molecule has 0 N–H and O–H groups in total. The monoisotopic (exact) mass is 303 g/mol. The van der Waals surface area contributed by atoms with Crippen LogP contribution in [0.25, 0.3) is 0 Å². The number of fused-ring (bicyclic) bond motifs is 1. The van der Waals surface area contributed by atoms with Gasteiger partial charge in [0, 0.05) is 25.8 Å². The van der Waals surface area contributed by atoms with E-state index in [4.69, 9.17) is 4.74 Å². The number of nitrogens with zero attached hydrogens (tertiary/aromatic N) is 1.